The number of amides is 2. The van der Waals surface area contributed by atoms with Crippen LogP contribution < -0.4 is 11.1 Å². The lowest BCUT2D eigenvalue weighted by Gasteiger charge is -2.36. The van der Waals surface area contributed by atoms with Gasteiger partial charge < -0.3 is 16.0 Å². The molecular weight excluding hydrogens is 429 g/mol. The largest absolute Gasteiger partial charge is 0.331 e. The van der Waals surface area contributed by atoms with E-state index in [-0.39, 0.29) is 36.4 Å². The van der Waals surface area contributed by atoms with Gasteiger partial charge in [0.2, 0.25) is 5.91 Å². The van der Waals surface area contributed by atoms with E-state index >= 15 is 0 Å². The number of carbonyl (C=O) groups is 2. The number of anilines is 1. The van der Waals surface area contributed by atoms with Crippen molar-refractivity contribution in [3.8, 4) is 0 Å². The zero-order valence-corrected chi connectivity index (χ0v) is 18.8. The zero-order valence-electron chi connectivity index (χ0n) is 18.0. The van der Waals surface area contributed by atoms with Crippen molar-refractivity contribution in [2.45, 2.75) is 63.6 Å². The van der Waals surface area contributed by atoms with Crippen LogP contribution in [0.3, 0.4) is 0 Å². The van der Waals surface area contributed by atoms with Gasteiger partial charge in [0, 0.05) is 40.8 Å². The molecule has 2 amide bonds. The van der Waals surface area contributed by atoms with E-state index in [0.717, 1.165) is 50.5 Å². The molecule has 2 saturated carbocycles. The number of nitrogens with one attached hydrogen (secondary N) is 1. The molecule has 32 heavy (non-hydrogen) atoms. The average molecular weight is 458 g/mol. The Morgan fingerprint density at radius 1 is 1.06 bits per heavy atom. The maximum Gasteiger partial charge on any atom is 0.254 e. The van der Waals surface area contributed by atoms with E-state index in [4.69, 9.17) is 17.3 Å². The van der Waals surface area contributed by atoms with Crippen molar-refractivity contribution in [3.05, 3.63) is 64.4 Å². The summed E-state index contributed by atoms with van der Waals surface area (Å²) in [7, 11) is 0. The van der Waals surface area contributed by atoms with Crippen LogP contribution in [0.25, 0.3) is 0 Å². The highest BCUT2D eigenvalue weighted by molar-refractivity contribution is 6.31. The van der Waals surface area contributed by atoms with E-state index in [1.807, 2.05) is 6.07 Å². The number of benzene rings is 2. The Labute approximate surface area is 193 Å². The third-order valence-corrected chi connectivity index (χ3v) is 7.01. The van der Waals surface area contributed by atoms with Gasteiger partial charge >= 0.3 is 0 Å². The fraction of sp³-hybridized carbons (Fsp3) is 0.440. The molecule has 170 valence electrons. The lowest BCUT2D eigenvalue weighted by molar-refractivity contribution is -0.122. The van der Waals surface area contributed by atoms with Gasteiger partial charge in [-0.25, -0.2) is 4.39 Å². The highest BCUT2D eigenvalue weighted by atomic mass is 35.5. The Kier molecular flexibility index (Phi) is 7.11. The highest BCUT2D eigenvalue weighted by Crippen LogP contribution is 2.30. The molecule has 0 atom stereocenters. The lowest BCUT2D eigenvalue weighted by atomic mass is 9.85. The van der Waals surface area contributed by atoms with Crippen molar-refractivity contribution in [1.82, 2.24) is 4.90 Å². The number of rotatable bonds is 6. The van der Waals surface area contributed by atoms with Crippen LogP contribution in [0.2, 0.25) is 5.02 Å². The summed E-state index contributed by atoms with van der Waals surface area (Å²) in [6.07, 6.45) is 6.19. The fourth-order valence-corrected chi connectivity index (χ4v) is 4.62. The second-order valence-electron chi connectivity index (χ2n) is 8.94. The van der Waals surface area contributed by atoms with E-state index < -0.39 is 5.82 Å². The van der Waals surface area contributed by atoms with Gasteiger partial charge in [0.15, 0.2) is 0 Å². The van der Waals surface area contributed by atoms with Gasteiger partial charge in [0.05, 0.1) is 0 Å². The molecule has 2 aliphatic rings. The molecule has 0 unspecified atom stereocenters. The molecule has 2 aliphatic carbocycles. The molecule has 0 radical (unpaired) electrons. The summed E-state index contributed by atoms with van der Waals surface area (Å²) in [5.74, 6) is -0.574. The number of hydrogen-bond acceptors (Lipinski definition) is 3. The Morgan fingerprint density at radius 2 is 1.81 bits per heavy atom. The lowest BCUT2D eigenvalue weighted by Crippen LogP contribution is -2.44. The molecule has 0 spiro atoms. The maximum absolute atomic E-state index is 13.8. The first kappa shape index (κ1) is 22.7. The number of nitrogens with zero attached hydrogens (tertiary/aromatic N) is 1. The van der Waals surface area contributed by atoms with Crippen LogP contribution in [-0.4, -0.2) is 28.8 Å². The van der Waals surface area contributed by atoms with E-state index in [0.29, 0.717) is 16.3 Å². The number of carbonyl (C=O) groups excluding carboxylic acids is 2. The van der Waals surface area contributed by atoms with Crippen molar-refractivity contribution >= 4 is 29.1 Å². The van der Waals surface area contributed by atoms with Crippen LogP contribution in [0.4, 0.5) is 10.1 Å². The summed E-state index contributed by atoms with van der Waals surface area (Å²) in [5, 5.41) is 3.50. The minimum absolute atomic E-state index is 0.00476. The van der Waals surface area contributed by atoms with Gasteiger partial charge in [-0.1, -0.05) is 24.1 Å². The van der Waals surface area contributed by atoms with Crippen LogP contribution in [0.1, 0.15) is 60.9 Å². The van der Waals surface area contributed by atoms with E-state index in [2.05, 4.69) is 5.32 Å². The number of hydrogen-bond donors (Lipinski definition) is 2. The van der Waals surface area contributed by atoms with Gasteiger partial charge in [0.25, 0.3) is 5.91 Å². The number of nitrogens with two attached hydrogens (primary N) is 1. The minimum Gasteiger partial charge on any atom is -0.331 e. The average Bonchev–Trinajstić information content (AvgIpc) is 2.73. The predicted molar refractivity (Wildman–Crippen MR) is 124 cm³/mol. The second kappa shape index (κ2) is 10.0. The van der Waals surface area contributed by atoms with E-state index in [1.54, 1.807) is 29.2 Å². The standard InChI is InChI=1S/C25H29ClFN3O2/c26-23-12-9-21(29-24(31)16-3-1-4-16)14-18(23)15-30(22-10-7-20(28)8-11-22)25(32)17-5-2-6-19(27)13-17/h2,5-6,9,12-14,16,20,22H,1,3-4,7-8,10-11,15,28H2,(H,29,31). The third-order valence-electron chi connectivity index (χ3n) is 6.64. The van der Waals surface area contributed by atoms with Crippen molar-refractivity contribution in [2.24, 2.45) is 11.7 Å². The number of halogens is 2. The van der Waals surface area contributed by atoms with Gasteiger partial charge in [-0.05, 0) is 80.5 Å². The molecule has 2 fully saturated rings. The van der Waals surface area contributed by atoms with Gasteiger partial charge in [-0.15, -0.1) is 0 Å². The minimum atomic E-state index is -0.444. The van der Waals surface area contributed by atoms with Crippen molar-refractivity contribution in [1.29, 1.82) is 0 Å². The van der Waals surface area contributed by atoms with Gasteiger partial charge in [0.1, 0.15) is 5.82 Å². The Balaban J connectivity index is 1.58. The normalized spacial score (nSPS) is 21.0. The van der Waals surface area contributed by atoms with Crippen LogP contribution >= 0.6 is 11.6 Å². The summed E-state index contributed by atoms with van der Waals surface area (Å²) in [6.45, 7) is 0.279. The Bertz CT molecular complexity index is 987. The van der Waals surface area contributed by atoms with E-state index in [9.17, 15) is 14.0 Å². The Hall–Kier alpha value is -2.44. The molecule has 0 aromatic heterocycles. The SMILES string of the molecule is NC1CCC(N(Cc2cc(NC(=O)C3CCC3)ccc2Cl)C(=O)c2cccc(F)c2)CC1. The van der Waals surface area contributed by atoms with Crippen molar-refractivity contribution in [2.75, 3.05) is 5.32 Å². The molecule has 7 heteroatoms. The molecule has 3 N–H and O–H groups in total. The van der Waals surface area contributed by atoms with E-state index in [1.165, 1.54) is 12.1 Å². The quantitative estimate of drug-likeness (QED) is 0.631. The molecule has 2 aromatic rings. The summed E-state index contributed by atoms with van der Waals surface area (Å²) in [6, 6.07) is 11.3. The first-order chi connectivity index (χ1) is 15.4. The first-order valence-electron chi connectivity index (χ1n) is 11.3. The van der Waals surface area contributed by atoms with Crippen LogP contribution in [-0.2, 0) is 11.3 Å². The maximum atomic E-state index is 13.8. The third kappa shape index (κ3) is 5.30. The molecule has 2 aromatic carbocycles. The molecule has 0 bridgehead atoms. The molecule has 0 aliphatic heterocycles. The molecule has 0 saturated heterocycles. The van der Waals surface area contributed by atoms with Crippen LogP contribution in [0, 0.1) is 11.7 Å². The second-order valence-corrected chi connectivity index (χ2v) is 9.34. The molecule has 4 rings (SSSR count). The van der Waals surface area contributed by atoms with Gasteiger partial charge in [-0.2, -0.15) is 0 Å². The topological polar surface area (TPSA) is 75.4 Å². The monoisotopic (exact) mass is 457 g/mol. The first-order valence-corrected chi connectivity index (χ1v) is 11.7. The van der Waals surface area contributed by atoms with Crippen molar-refractivity contribution < 1.29 is 14.0 Å². The van der Waals surface area contributed by atoms with Crippen molar-refractivity contribution in [3.63, 3.8) is 0 Å². The summed E-state index contributed by atoms with van der Waals surface area (Å²) >= 11 is 6.49. The smallest absolute Gasteiger partial charge is 0.254 e. The van der Waals surface area contributed by atoms with Crippen LogP contribution in [0.15, 0.2) is 42.5 Å². The fourth-order valence-electron chi connectivity index (χ4n) is 4.44. The highest BCUT2D eigenvalue weighted by Gasteiger charge is 2.30. The van der Waals surface area contributed by atoms with Gasteiger partial charge in [-0.3, -0.25) is 9.59 Å². The Morgan fingerprint density at radius 3 is 2.47 bits per heavy atom. The van der Waals surface area contributed by atoms with Crippen LogP contribution in [0.5, 0.6) is 0 Å². The molecule has 5 nitrogen and oxygen atoms in total. The summed E-state index contributed by atoms with van der Waals surface area (Å²) in [4.78, 5) is 27.5. The summed E-state index contributed by atoms with van der Waals surface area (Å²) in [5.41, 5.74) is 7.80. The molecule has 0 heterocycles. The summed E-state index contributed by atoms with van der Waals surface area (Å²) < 4.78 is 13.8. The zero-order chi connectivity index (χ0) is 22.7. The molecular formula is C25H29ClFN3O2. The predicted octanol–water partition coefficient (Wildman–Crippen LogP) is 5.13.